The first kappa shape index (κ1) is 13.2. The van der Waals surface area contributed by atoms with E-state index in [-0.39, 0.29) is 5.75 Å². The molecule has 1 saturated heterocycles. The average molecular weight is 277 g/mol. The number of nitrogens with zero attached hydrogens (tertiary/aromatic N) is 3. The summed E-state index contributed by atoms with van der Waals surface area (Å²) in [6, 6.07) is 5.07. The van der Waals surface area contributed by atoms with Crippen LogP contribution >= 0.6 is 0 Å². The summed E-state index contributed by atoms with van der Waals surface area (Å²) in [5.74, 6) is 1.00. The zero-order chi connectivity index (χ0) is 13.9. The highest BCUT2D eigenvalue weighted by Gasteiger charge is 2.15. The van der Waals surface area contributed by atoms with Gasteiger partial charge in [-0.15, -0.1) is 0 Å². The van der Waals surface area contributed by atoms with Crippen LogP contribution in [0.1, 0.15) is 0 Å². The molecule has 1 aromatic heterocycles. The minimum absolute atomic E-state index is 0.191. The number of anilines is 1. The molecule has 20 heavy (non-hydrogen) atoms. The Balaban J connectivity index is 1.67. The molecule has 3 rings (SSSR count). The maximum atomic E-state index is 9.43. The number of likely N-dealkylation sites (N-methyl/N-ethyl adjacent to an activating group) is 1. The van der Waals surface area contributed by atoms with Gasteiger partial charge in [0.15, 0.2) is 11.4 Å². The monoisotopic (exact) mass is 277 g/mol. The Kier molecular flexibility index (Phi) is 3.75. The van der Waals surface area contributed by atoms with Gasteiger partial charge in [-0.3, -0.25) is 4.90 Å². The quantitative estimate of drug-likeness (QED) is 0.909. The molecule has 6 nitrogen and oxygen atoms in total. The Hall–Kier alpha value is -1.79. The van der Waals surface area contributed by atoms with Crippen molar-refractivity contribution in [2.45, 2.75) is 0 Å². The fourth-order valence-corrected chi connectivity index (χ4v) is 2.41. The van der Waals surface area contributed by atoms with Crippen molar-refractivity contribution in [1.29, 1.82) is 0 Å². The first-order chi connectivity index (χ1) is 9.74. The molecule has 2 aromatic rings. The largest absolute Gasteiger partial charge is 0.508 e. The molecule has 0 bridgehead atoms. The van der Waals surface area contributed by atoms with Crippen molar-refractivity contribution < 1.29 is 14.4 Å². The summed E-state index contributed by atoms with van der Waals surface area (Å²) in [5.41, 5.74) is 0.609. The number of phenolic OH excluding ortho intramolecular Hbond substituents is 1. The summed E-state index contributed by atoms with van der Waals surface area (Å²) in [7, 11) is 2.00. The summed E-state index contributed by atoms with van der Waals surface area (Å²) in [4.78, 5) is 4.46. The van der Waals surface area contributed by atoms with E-state index in [0.29, 0.717) is 5.58 Å². The Labute approximate surface area is 117 Å². The van der Waals surface area contributed by atoms with E-state index in [1.54, 1.807) is 12.1 Å². The predicted octanol–water partition coefficient (Wildman–Crippen LogP) is 1.30. The van der Waals surface area contributed by atoms with Gasteiger partial charge in [0.05, 0.1) is 18.6 Å². The highest BCUT2D eigenvalue weighted by molar-refractivity contribution is 5.89. The average Bonchev–Trinajstić information content (AvgIpc) is 2.89. The first-order valence-corrected chi connectivity index (χ1v) is 6.84. The van der Waals surface area contributed by atoms with Gasteiger partial charge in [0, 0.05) is 39.3 Å². The van der Waals surface area contributed by atoms with Crippen LogP contribution in [0.15, 0.2) is 22.7 Å². The summed E-state index contributed by atoms with van der Waals surface area (Å²) in [6.45, 7) is 5.46. The van der Waals surface area contributed by atoms with Crippen LogP contribution in [0.2, 0.25) is 0 Å². The van der Waals surface area contributed by atoms with E-state index in [2.05, 4.69) is 15.0 Å². The smallest absolute Gasteiger partial charge is 0.179 e. The number of rotatable bonds is 4. The highest BCUT2D eigenvalue weighted by Crippen LogP contribution is 2.27. The van der Waals surface area contributed by atoms with Crippen LogP contribution in [-0.2, 0) is 4.74 Å². The maximum absolute atomic E-state index is 9.43. The summed E-state index contributed by atoms with van der Waals surface area (Å²) in [6.07, 6.45) is 0. The number of hydrogen-bond acceptors (Lipinski definition) is 6. The van der Waals surface area contributed by atoms with Crippen molar-refractivity contribution in [3.8, 4) is 5.75 Å². The zero-order valence-electron chi connectivity index (χ0n) is 11.6. The SMILES string of the molecule is CN(CCN1CCOCC1)c1noc2cc(O)ccc12. The fourth-order valence-electron chi connectivity index (χ4n) is 2.41. The molecule has 0 unspecified atom stereocenters. The van der Waals surface area contributed by atoms with Crippen molar-refractivity contribution in [2.75, 3.05) is 51.3 Å². The number of hydrogen-bond donors (Lipinski definition) is 1. The van der Waals surface area contributed by atoms with Crippen LogP contribution in [0, 0.1) is 0 Å². The Morgan fingerprint density at radius 2 is 2.15 bits per heavy atom. The molecule has 1 aliphatic heterocycles. The highest BCUT2D eigenvalue weighted by atomic mass is 16.5. The van der Waals surface area contributed by atoms with E-state index in [0.717, 1.165) is 50.6 Å². The van der Waals surface area contributed by atoms with Gasteiger partial charge in [-0.05, 0) is 12.1 Å². The topological polar surface area (TPSA) is 62.0 Å². The molecule has 1 N–H and O–H groups in total. The van der Waals surface area contributed by atoms with Crippen molar-refractivity contribution >= 4 is 16.8 Å². The number of phenols is 1. The molecule has 1 fully saturated rings. The lowest BCUT2D eigenvalue weighted by molar-refractivity contribution is 0.0392. The third-order valence-corrected chi connectivity index (χ3v) is 3.65. The molecule has 0 saturated carbocycles. The van der Waals surface area contributed by atoms with E-state index in [4.69, 9.17) is 9.26 Å². The van der Waals surface area contributed by atoms with Crippen molar-refractivity contribution in [2.24, 2.45) is 0 Å². The minimum Gasteiger partial charge on any atom is -0.508 e. The Morgan fingerprint density at radius 1 is 1.35 bits per heavy atom. The van der Waals surface area contributed by atoms with Gasteiger partial charge in [0.25, 0.3) is 0 Å². The molecular formula is C14H19N3O3. The number of fused-ring (bicyclic) bond motifs is 1. The lowest BCUT2D eigenvalue weighted by Crippen LogP contribution is -2.40. The van der Waals surface area contributed by atoms with Gasteiger partial charge < -0.3 is 19.3 Å². The van der Waals surface area contributed by atoms with Gasteiger partial charge in [-0.25, -0.2) is 0 Å². The van der Waals surface area contributed by atoms with Crippen LogP contribution < -0.4 is 4.90 Å². The second kappa shape index (κ2) is 5.68. The molecule has 1 aliphatic rings. The van der Waals surface area contributed by atoms with Crippen LogP contribution in [0.4, 0.5) is 5.82 Å². The van der Waals surface area contributed by atoms with Crippen molar-refractivity contribution in [3.63, 3.8) is 0 Å². The van der Waals surface area contributed by atoms with Crippen LogP contribution in [0.25, 0.3) is 11.0 Å². The number of aromatic nitrogens is 1. The second-order valence-corrected chi connectivity index (χ2v) is 5.06. The Bertz CT molecular complexity index is 578. The summed E-state index contributed by atoms with van der Waals surface area (Å²) >= 11 is 0. The first-order valence-electron chi connectivity index (χ1n) is 6.84. The van der Waals surface area contributed by atoms with E-state index < -0.39 is 0 Å². The number of aromatic hydroxyl groups is 1. The molecule has 0 amide bonds. The van der Waals surface area contributed by atoms with Gasteiger partial charge >= 0.3 is 0 Å². The molecule has 0 atom stereocenters. The third-order valence-electron chi connectivity index (χ3n) is 3.65. The minimum atomic E-state index is 0.191. The maximum Gasteiger partial charge on any atom is 0.179 e. The fraction of sp³-hybridized carbons (Fsp3) is 0.500. The molecule has 0 aliphatic carbocycles. The molecular weight excluding hydrogens is 258 g/mol. The van der Waals surface area contributed by atoms with Crippen molar-refractivity contribution in [3.05, 3.63) is 18.2 Å². The normalized spacial score (nSPS) is 16.6. The van der Waals surface area contributed by atoms with Gasteiger partial charge in [0.2, 0.25) is 0 Å². The Morgan fingerprint density at radius 3 is 2.95 bits per heavy atom. The molecule has 0 radical (unpaired) electrons. The van der Waals surface area contributed by atoms with Gasteiger partial charge in [0.1, 0.15) is 5.75 Å². The summed E-state index contributed by atoms with van der Waals surface area (Å²) in [5, 5.41) is 14.5. The van der Waals surface area contributed by atoms with Crippen molar-refractivity contribution in [1.82, 2.24) is 10.1 Å². The lowest BCUT2D eigenvalue weighted by Gasteiger charge is -2.28. The van der Waals surface area contributed by atoms with Crippen LogP contribution in [-0.4, -0.2) is 61.6 Å². The molecule has 2 heterocycles. The predicted molar refractivity (Wildman–Crippen MR) is 76.2 cm³/mol. The standard InChI is InChI=1S/C14H19N3O3/c1-16(4-5-17-6-8-19-9-7-17)14-12-3-2-11(18)10-13(12)20-15-14/h2-3,10,18H,4-9H2,1H3. The lowest BCUT2D eigenvalue weighted by atomic mass is 10.2. The number of benzene rings is 1. The second-order valence-electron chi connectivity index (χ2n) is 5.06. The zero-order valence-corrected chi connectivity index (χ0v) is 11.6. The van der Waals surface area contributed by atoms with Gasteiger partial charge in [-0.2, -0.15) is 0 Å². The number of ether oxygens (including phenoxy) is 1. The molecule has 0 spiro atoms. The molecule has 6 heteroatoms. The number of morpholine rings is 1. The van der Waals surface area contributed by atoms with E-state index in [9.17, 15) is 5.11 Å². The van der Waals surface area contributed by atoms with Crippen LogP contribution in [0.5, 0.6) is 5.75 Å². The third kappa shape index (κ3) is 2.71. The van der Waals surface area contributed by atoms with Gasteiger partial charge in [-0.1, -0.05) is 5.16 Å². The summed E-state index contributed by atoms with van der Waals surface area (Å²) < 4.78 is 10.6. The van der Waals surface area contributed by atoms with Crippen LogP contribution in [0.3, 0.4) is 0 Å². The molecule has 1 aromatic carbocycles. The molecule has 108 valence electrons. The van der Waals surface area contributed by atoms with E-state index in [1.165, 1.54) is 0 Å². The van der Waals surface area contributed by atoms with E-state index >= 15 is 0 Å². The van der Waals surface area contributed by atoms with E-state index in [1.807, 2.05) is 13.1 Å².